The van der Waals surface area contributed by atoms with Crippen LogP contribution in [0, 0.1) is 0 Å². The average molecular weight is 293 g/mol. The highest BCUT2D eigenvalue weighted by Gasteiger charge is 2.16. The van der Waals surface area contributed by atoms with E-state index in [2.05, 4.69) is 19.6 Å². The van der Waals surface area contributed by atoms with Crippen molar-refractivity contribution < 1.29 is 17.6 Å². The maximum absolute atomic E-state index is 12.1. The van der Waals surface area contributed by atoms with Crippen molar-refractivity contribution in [1.82, 2.24) is 15.2 Å². The normalized spacial score (nSPS) is 10.0. The molecule has 0 aliphatic carbocycles. The maximum atomic E-state index is 12.1. The average Bonchev–Trinajstić information content (AvgIpc) is 3.00. The van der Waals surface area contributed by atoms with Crippen molar-refractivity contribution in [3.63, 3.8) is 0 Å². The van der Waals surface area contributed by atoms with Gasteiger partial charge < -0.3 is 8.83 Å². The van der Waals surface area contributed by atoms with E-state index in [0.717, 1.165) is 0 Å². The van der Waals surface area contributed by atoms with Gasteiger partial charge in [-0.05, 0) is 12.1 Å². The maximum Gasteiger partial charge on any atom is 0.314 e. The molecule has 0 atom stereocenters. The lowest BCUT2D eigenvalue weighted by atomic mass is 10.3. The predicted molar refractivity (Wildman–Crippen MR) is 67.5 cm³/mol. The van der Waals surface area contributed by atoms with Crippen molar-refractivity contribution in [1.29, 1.82) is 0 Å². The smallest absolute Gasteiger partial charge is 0.314 e. The van der Waals surface area contributed by atoms with Crippen LogP contribution < -0.4 is 5.43 Å². The van der Waals surface area contributed by atoms with Gasteiger partial charge in [-0.2, -0.15) is 8.78 Å². The molecule has 21 heavy (non-hydrogen) atoms. The zero-order valence-corrected chi connectivity index (χ0v) is 10.5. The molecule has 6 nitrogen and oxygen atoms in total. The molecular formula is C13H9F2N3O3. The van der Waals surface area contributed by atoms with E-state index in [1.54, 1.807) is 18.3 Å². The number of aromatic nitrogens is 3. The van der Waals surface area contributed by atoms with Gasteiger partial charge in [0.2, 0.25) is 5.89 Å². The molecule has 0 N–H and O–H groups in total. The summed E-state index contributed by atoms with van der Waals surface area (Å²) in [5.41, 5.74) is 0.498. The third-order valence-electron chi connectivity index (χ3n) is 2.16. The molecule has 0 spiro atoms. The van der Waals surface area contributed by atoms with Crippen LogP contribution in [0.4, 0.5) is 8.78 Å². The number of halogens is 2. The first kappa shape index (κ1) is 14.5. The number of nitrogens with zero attached hydrogens (tertiary/aromatic N) is 3. The largest absolute Gasteiger partial charge is 0.472 e. The fourth-order valence-electron chi connectivity index (χ4n) is 1.24. The predicted octanol–water partition coefficient (Wildman–Crippen LogP) is 2.71. The fourth-order valence-corrected chi connectivity index (χ4v) is 1.24. The van der Waals surface area contributed by atoms with Crippen molar-refractivity contribution in [3.8, 4) is 11.5 Å². The molecule has 0 saturated carbocycles. The third-order valence-corrected chi connectivity index (χ3v) is 2.16. The Kier molecular flexibility index (Phi) is 4.86. The lowest BCUT2D eigenvalue weighted by Gasteiger charge is -1.91. The molecule has 0 unspecified atom stereocenters. The molecule has 0 amide bonds. The Morgan fingerprint density at radius 1 is 1.10 bits per heavy atom. The second kappa shape index (κ2) is 7.04. The summed E-state index contributed by atoms with van der Waals surface area (Å²) in [6.07, 6.45) is 2.98. The SMILES string of the molecule is FC(F)c1nnc(-c2cccnc2)o1.O=c1ccocc1. The highest BCUT2D eigenvalue weighted by Crippen LogP contribution is 2.21. The van der Waals surface area contributed by atoms with Gasteiger partial charge in [0.05, 0.1) is 18.1 Å². The Morgan fingerprint density at radius 2 is 1.86 bits per heavy atom. The van der Waals surface area contributed by atoms with E-state index in [1.807, 2.05) is 0 Å². The van der Waals surface area contributed by atoms with Crippen LogP contribution in [-0.2, 0) is 0 Å². The van der Waals surface area contributed by atoms with E-state index in [1.165, 1.54) is 30.9 Å². The van der Waals surface area contributed by atoms with Crippen molar-refractivity contribution >= 4 is 0 Å². The molecule has 0 radical (unpaired) electrons. The Morgan fingerprint density at radius 3 is 2.33 bits per heavy atom. The molecule has 3 aromatic heterocycles. The Balaban J connectivity index is 0.000000194. The number of rotatable bonds is 2. The second-order valence-corrected chi connectivity index (χ2v) is 3.63. The summed E-state index contributed by atoms with van der Waals surface area (Å²) in [5, 5.41) is 6.67. The van der Waals surface area contributed by atoms with Crippen LogP contribution in [0.3, 0.4) is 0 Å². The second-order valence-electron chi connectivity index (χ2n) is 3.63. The zero-order chi connectivity index (χ0) is 15.1. The summed E-state index contributed by atoms with van der Waals surface area (Å²) in [6.45, 7) is 0. The molecule has 0 aliphatic heterocycles. The highest BCUT2D eigenvalue weighted by atomic mass is 19.3. The minimum atomic E-state index is -2.74. The van der Waals surface area contributed by atoms with Gasteiger partial charge in [-0.15, -0.1) is 10.2 Å². The summed E-state index contributed by atoms with van der Waals surface area (Å²) >= 11 is 0. The van der Waals surface area contributed by atoms with Gasteiger partial charge in [-0.1, -0.05) is 0 Å². The first-order valence-electron chi connectivity index (χ1n) is 5.71. The fraction of sp³-hybridized carbons (Fsp3) is 0.0769. The lowest BCUT2D eigenvalue weighted by molar-refractivity contribution is 0.116. The summed E-state index contributed by atoms with van der Waals surface area (Å²) in [5.74, 6) is -0.628. The van der Waals surface area contributed by atoms with E-state index in [0.29, 0.717) is 5.56 Å². The summed E-state index contributed by atoms with van der Waals surface area (Å²) < 4.78 is 33.4. The van der Waals surface area contributed by atoms with Gasteiger partial charge in [0, 0.05) is 24.5 Å². The molecule has 0 saturated heterocycles. The molecule has 108 valence electrons. The minimum absolute atomic E-state index is 0.0220. The molecule has 0 aromatic carbocycles. The molecule has 3 heterocycles. The zero-order valence-electron chi connectivity index (χ0n) is 10.5. The van der Waals surface area contributed by atoms with E-state index < -0.39 is 12.3 Å². The van der Waals surface area contributed by atoms with Gasteiger partial charge in [0.25, 0.3) is 5.89 Å². The number of pyridine rings is 1. The number of hydrogen-bond acceptors (Lipinski definition) is 6. The molecule has 0 aliphatic rings. The van der Waals surface area contributed by atoms with E-state index in [-0.39, 0.29) is 11.3 Å². The molecule has 8 heteroatoms. The van der Waals surface area contributed by atoms with Crippen molar-refractivity contribution in [2.24, 2.45) is 0 Å². The molecular weight excluding hydrogens is 284 g/mol. The molecule has 3 aromatic rings. The highest BCUT2D eigenvalue weighted by molar-refractivity contribution is 5.49. The summed E-state index contributed by atoms with van der Waals surface area (Å²) in [4.78, 5) is 14.0. The van der Waals surface area contributed by atoms with E-state index in [9.17, 15) is 13.6 Å². The number of alkyl halides is 2. The molecule has 0 fully saturated rings. The van der Waals surface area contributed by atoms with E-state index >= 15 is 0 Å². The molecule has 0 bridgehead atoms. The molecule has 3 rings (SSSR count). The topological polar surface area (TPSA) is 82.0 Å². The monoisotopic (exact) mass is 293 g/mol. The Hall–Kier alpha value is -2.90. The first-order valence-corrected chi connectivity index (χ1v) is 5.71. The van der Waals surface area contributed by atoms with Gasteiger partial charge in [0.1, 0.15) is 0 Å². The van der Waals surface area contributed by atoms with Crippen LogP contribution in [0.15, 0.2) is 62.8 Å². The first-order chi connectivity index (χ1) is 10.2. The van der Waals surface area contributed by atoms with Crippen LogP contribution in [0.2, 0.25) is 0 Å². The van der Waals surface area contributed by atoms with E-state index in [4.69, 9.17) is 4.42 Å². The van der Waals surface area contributed by atoms with Gasteiger partial charge in [-0.25, -0.2) is 0 Å². The Bertz CT molecular complexity index is 711. The van der Waals surface area contributed by atoms with Crippen LogP contribution in [0.5, 0.6) is 0 Å². The van der Waals surface area contributed by atoms with Crippen molar-refractivity contribution in [2.75, 3.05) is 0 Å². The van der Waals surface area contributed by atoms with Crippen LogP contribution >= 0.6 is 0 Å². The summed E-state index contributed by atoms with van der Waals surface area (Å²) in [6, 6.07) is 6.03. The minimum Gasteiger partial charge on any atom is -0.472 e. The van der Waals surface area contributed by atoms with Crippen LogP contribution in [0.25, 0.3) is 11.5 Å². The van der Waals surface area contributed by atoms with Gasteiger partial charge in [0.15, 0.2) is 5.43 Å². The van der Waals surface area contributed by atoms with Crippen LogP contribution in [-0.4, -0.2) is 15.2 Å². The van der Waals surface area contributed by atoms with Crippen molar-refractivity contribution in [3.05, 3.63) is 65.3 Å². The summed E-state index contributed by atoms with van der Waals surface area (Å²) in [7, 11) is 0. The third kappa shape index (κ3) is 4.30. The number of hydrogen-bond donors (Lipinski definition) is 0. The quantitative estimate of drug-likeness (QED) is 0.722. The van der Waals surface area contributed by atoms with Crippen LogP contribution in [0.1, 0.15) is 12.3 Å². The van der Waals surface area contributed by atoms with Gasteiger partial charge in [-0.3, -0.25) is 9.78 Å². The Labute approximate surface area is 117 Å². The van der Waals surface area contributed by atoms with Gasteiger partial charge >= 0.3 is 6.43 Å². The standard InChI is InChI=1S/C8H5F2N3O.C5H4O2/c9-6(10)8-13-12-7(14-8)5-2-1-3-11-4-5;6-5-1-3-7-4-2-5/h1-4,6H;1-4H. The van der Waals surface area contributed by atoms with Crippen molar-refractivity contribution in [2.45, 2.75) is 6.43 Å². The lowest BCUT2D eigenvalue weighted by Crippen LogP contribution is -1.90.